The largest absolute Gasteiger partial charge is 0.356 e. The Hall–Kier alpha value is -1.50. The van der Waals surface area contributed by atoms with Crippen LogP contribution >= 0.6 is 0 Å². The summed E-state index contributed by atoms with van der Waals surface area (Å²) in [6.45, 7) is 0.975. The summed E-state index contributed by atoms with van der Waals surface area (Å²) in [7, 11) is 0. The molecule has 1 amide bonds. The van der Waals surface area contributed by atoms with Crippen molar-refractivity contribution in [2.24, 2.45) is 5.41 Å². The highest BCUT2D eigenvalue weighted by atomic mass is 19.3. The second kappa shape index (κ2) is 4.26. The van der Waals surface area contributed by atoms with E-state index in [0.717, 1.165) is 5.56 Å². The highest BCUT2D eigenvalue weighted by Gasteiger charge is 2.54. The number of carbonyl (C=O) groups excluding carboxylic acids is 1. The normalized spacial score (nSPS) is 30.7. The lowest BCUT2D eigenvalue weighted by Gasteiger charge is -2.42. The van der Waals surface area contributed by atoms with E-state index in [2.05, 4.69) is 15.5 Å². The highest BCUT2D eigenvalue weighted by molar-refractivity contribution is 5.85. The summed E-state index contributed by atoms with van der Waals surface area (Å²) >= 11 is 0. The molecular formula is C12H16F2N4O. The van der Waals surface area contributed by atoms with Crippen LogP contribution < -0.4 is 5.32 Å². The average Bonchev–Trinajstić information content (AvgIpc) is 2.89. The molecule has 2 saturated heterocycles. The molecule has 1 aromatic heterocycles. The van der Waals surface area contributed by atoms with Gasteiger partial charge in [0.1, 0.15) is 0 Å². The number of halogens is 2. The van der Waals surface area contributed by atoms with Crippen molar-refractivity contribution in [3.8, 4) is 0 Å². The third-order valence-corrected chi connectivity index (χ3v) is 3.91. The van der Waals surface area contributed by atoms with Crippen LogP contribution in [-0.4, -0.2) is 46.6 Å². The van der Waals surface area contributed by atoms with Crippen LogP contribution in [0.2, 0.25) is 0 Å². The van der Waals surface area contributed by atoms with E-state index in [0.29, 0.717) is 26.1 Å². The molecule has 3 rings (SSSR count). The van der Waals surface area contributed by atoms with Crippen molar-refractivity contribution < 1.29 is 13.6 Å². The lowest BCUT2D eigenvalue weighted by molar-refractivity contribution is -0.149. The van der Waals surface area contributed by atoms with Gasteiger partial charge in [0.25, 0.3) is 5.92 Å². The van der Waals surface area contributed by atoms with Gasteiger partial charge >= 0.3 is 0 Å². The van der Waals surface area contributed by atoms with Crippen molar-refractivity contribution in [2.75, 3.05) is 19.6 Å². The van der Waals surface area contributed by atoms with Crippen molar-refractivity contribution >= 4 is 5.91 Å². The molecule has 2 aliphatic rings. The predicted octanol–water partition coefficient (Wildman–Crippen LogP) is 0.757. The minimum Gasteiger partial charge on any atom is -0.356 e. The van der Waals surface area contributed by atoms with Gasteiger partial charge in [-0.05, 0) is 6.42 Å². The quantitative estimate of drug-likeness (QED) is 0.834. The Bertz CT molecular complexity index is 476. The first-order chi connectivity index (χ1) is 8.99. The van der Waals surface area contributed by atoms with E-state index >= 15 is 0 Å². The van der Waals surface area contributed by atoms with Gasteiger partial charge in [-0.1, -0.05) is 0 Å². The van der Waals surface area contributed by atoms with E-state index < -0.39 is 11.3 Å². The minimum atomic E-state index is -2.82. The van der Waals surface area contributed by atoms with Crippen molar-refractivity contribution in [1.29, 1.82) is 0 Å². The van der Waals surface area contributed by atoms with E-state index in [1.165, 1.54) is 0 Å². The first-order valence-corrected chi connectivity index (χ1v) is 6.35. The number of nitrogens with zero attached hydrogens (tertiary/aromatic N) is 2. The zero-order valence-electron chi connectivity index (χ0n) is 10.5. The number of alkyl halides is 2. The molecule has 0 bridgehead atoms. The maximum absolute atomic E-state index is 13.9. The number of likely N-dealkylation sites (tertiary alicyclic amines) is 1. The van der Waals surface area contributed by atoms with Crippen LogP contribution in [0.15, 0.2) is 12.4 Å². The third-order valence-electron chi connectivity index (χ3n) is 3.91. The molecule has 2 fully saturated rings. The number of amides is 1. The van der Waals surface area contributed by atoms with Crippen molar-refractivity contribution in [2.45, 2.75) is 25.3 Å². The number of nitrogens with one attached hydrogen (secondary N) is 2. The molecule has 0 aliphatic carbocycles. The van der Waals surface area contributed by atoms with Crippen LogP contribution in [0.4, 0.5) is 8.78 Å². The number of hydrogen-bond donors (Lipinski definition) is 2. The first-order valence-electron chi connectivity index (χ1n) is 6.35. The predicted molar refractivity (Wildman–Crippen MR) is 63.5 cm³/mol. The van der Waals surface area contributed by atoms with Gasteiger partial charge in [-0.2, -0.15) is 5.10 Å². The molecule has 1 atom stereocenters. The lowest BCUT2D eigenvalue weighted by Crippen LogP contribution is -2.54. The summed E-state index contributed by atoms with van der Waals surface area (Å²) in [5.41, 5.74) is -0.0721. The van der Waals surface area contributed by atoms with Crippen LogP contribution in [0, 0.1) is 5.41 Å². The molecule has 2 N–H and O–H groups in total. The Morgan fingerprint density at radius 2 is 2.26 bits per heavy atom. The van der Waals surface area contributed by atoms with Crippen LogP contribution in [0.25, 0.3) is 0 Å². The molecule has 0 radical (unpaired) electrons. The lowest BCUT2D eigenvalue weighted by atomic mass is 9.77. The number of carbonyl (C=O) groups is 1. The summed E-state index contributed by atoms with van der Waals surface area (Å²) in [5.74, 6) is -3.05. The second-order valence-electron chi connectivity index (χ2n) is 5.57. The van der Waals surface area contributed by atoms with Gasteiger partial charge in [0.2, 0.25) is 5.91 Å². The number of aromatic amines is 1. The van der Waals surface area contributed by atoms with Gasteiger partial charge in [0, 0.05) is 37.8 Å². The van der Waals surface area contributed by atoms with Gasteiger partial charge in [0.05, 0.1) is 18.2 Å². The SMILES string of the molecule is O=C1NCCC12CN(Cc1cn[nH]c1)CC(F)(F)C2. The zero-order valence-corrected chi connectivity index (χ0v) is 10.5. The van der Waals surface area contributed by atoms with Gasteiger partial charge in [0.15, 0.2) is 0 Å². The van der Waals surface area contributed by atoms with Crippen molar-refractivity contribution in [3.63, 3.8) is 0 Å². The number of H-pyrrole nitrogens is 1. The molecule has 3 heterocycles. The molecule has 1 spiro atoms. The van der Waals surface area contributed by atoms with E-state index in [4.69, 9.17) is 0 Å². The Labute approximate surface area is 109 Å². The van der Waals surface area contributed by atoms with Crippen LogP contribution in [-0.2, 0) is 11.3 Å². The summed E-state index contributed by atoms with van der Waals surface area (Å²) < 4.78 is 27.8. The maximum atomic E-state index is 13.9. The molecule has 104 valence electrons. The molecule has 1 unspecified atom stereocenters. The van der Waals surface area contributed by atoms with E-state index in [-0.39, 0.29) is 18.9 Å². The Morgan fingerprint density at radius 3 is 2.89 bits per heavy atom. The van der Waals surface area contributed by atoms with Gasteiger partial charge in [-0.15, -0.1) is 0 Å². The monoisotopic (exact) mass is 270 g/mol. The topological polar surface area (TPSA) is 61.0 Å². The number of piperidine rings is 1. The Morgan fingerprint density at radius 1 is 1.42 bits per heavy atom. The summed E-state index contributed by atoms with van der Waals surface area (Å²) in [5, 5.41) is 9.16. The Kier molecular flexibility index (Phi) is 2.81. The summed E-state index contributed by atoms with van der Waals surface area (Å²) in [4.78, 5) is 13.5. The molecule has 1 aromatic rings. The first kappa shape index (κ1) is 12.5. The van der Waals surface area contributed by atoms with E-state index in [1.54, 1.807) is 17.3 Å². The van der Waals surface area contributed by atoms with Crippen LogP contribution in [0.1, 0.15) is 18.4 Å². The van der Waals surface area contributed by atoms with E-state index in [1.807, 2.05) is 0 Å². The van der Waals surface area contributed by atoms with Crippen molar-refractivity contribution in [1.82, 2.24) is 20.4 Å². The number of hydrogen-bond acceptors (Lipinski definition) is 3. The fourth-order valence-electron chi connectivity index (χ4n) is 3.19. The smallest absolute Gasteiger partial charge is 0.261 e. The third kappa shape index (κ3) is 2.34. The second-order valence-corrected chi connectivity index (χ2v) is 5.57. The average molecular weight is 270 g/mol. The van der Waals surface area contributed by atoms with Crippen molar-refractivity contribution in [3.05, 3.63) is 18.0 Å². The summed E-state index contributed by atoms with van der Waals surface area (Å²) in [6.07, 6.45) is 3.46. The Balaban J connectivity index is 1.80. The summed E-state index contributed by atoms with van der Waals surface area (Å²) in [6, 6.07) is 0. The molecule has 0 saturated carbocycles. The molecule has 0 aromatic carbocycles. The van der Waals surface area contributed by atoms with Crippen LogP contribution in [0.5, 0.6) is 0 Å². The highest BCUT2D eigenvalue weighted by Crippen LogP contribution is 2.43. The fourth-order valence-corrected chi connectivity index (χ4v) is 3.19. The minimum absolute atomic E-state index is 0.232. The maximum Gasteiger partial charge on any atom is 0.261 e. The van der Waals surface area contributed by atoms with Gasteiger partial charge in [-0.25, -0.2) is 8.78 Å². The zero-order chi connectivity index (χ0) is 13.5. The molecular weight excluding hydrogens is 254 g/mol. The number of rotatable bonds is 2. The molecule has 2 aliphatic heterocycles. The van der Waals surface area contributed by atoms with Crippen LogP contribution in [0.3, 0.4) is 0 Å². The molecule has 7 heteroatoms. The van der Waals surface area contributed by atoms with E-state index in [9.17, 15) is 13.6 Å². The molecule has 5 nitrogen and oxygen atoms in total. The number of aromatic nitrogens is 2. The van der Waals surface area contributed by atoms with Gasteiger partial charge < -0.3 is 5.32 Å². The fraction of sp³-hybridized carbons (Fsp3) is 0.667. The standard InChI is InChI=1S/C12H16F2N4O/c13-12(14)6-11(1-2-15-10(11)19)7-18(8-12)5-9-3-16-17-4-9/h3-4H,1-2,5-8H2,(H,15,19)(H,16,17). The van der Waals surface area contributed by atoms with Gasteiger partial charge in [-0.3, -0.25) is 14.8 Å². The molecule has 19 heavy (non-hydrogen) atoms.